The molecule has 0 aliphatic rings. The van der Waals surface area contributed by atoms with E-state index in [1.54, 1.807) is 0 Å². The smallest absolute Gasteiger partial charge is 0.421 e. The molecule has 0 saturated carbocycles. The first-order chi connectivity index (χ1) is 2.91. The molecule has 0 aromatic heterocycles. The van der Waals surface area contributed by atoms with Gasteiger partial charge in [0.25, 0.3) is 0 Å². The average Bonchev–Trinajstić information content (AvgIpc) is 1.61. The van der Waals surface area contributed by atoms with Crippen molar-refractivity contribution in [2.45, 2.75) is 6.92 Å². The third-order valence-corrected chi connectivity index (χ3v) is 0.429. The molecule has 0 aromatic carbocycles. The molecule has 0 saturated heterocycles. The Morgan fingerprint density at radius 1 is 1.62 bits per heavy atom. The van der Waals surface area contributed by atoms with Crippen LogP contribution < -0.4 is 5.32 Å². The summed E-state index contributed by atoms with van der Waals surface area (Å²) in [5.41, 5.74) is 0. The molecule has 0 fully saturated rings. The molecular formula is C6H13NU. The number of nitrogens with one attached hydrogen (secondary N) is 1. The fourth-order valence-corrected chi connectivity index (χ4v) is 0.201. The van der Waals surface area contributed by atoms with Crippen molar-refractivity contribution in [3.8, 4) is 0 Å². The summed E-state index contributed by atoms with van der Waals surface area (Å²) >= 11 is 0. The Bertz CT molecular complexity index is 43.8. The van der Waals surface area contributed by atoms with E-state index in [4.69, 9.17) is 0 Å². The van der Waals surface area contributed by atoms with Crippen LogP contribution in [0.15, 0.2) is 12.3 Å². The largest absolute Gasteiger partial charge is 2.00 e. The molecule has 0 aliphatic carbocycles. The van der Waals surface area contributed by atoms with Gasteiger partial charge in [-0.25, -0.2) is 0 Å². The van der Waals surface area contributed by atoms with Gasteiger partial charge in [-0.05, 0) is 13.1 Å². The normalized spacial score (nSPS) is 7.25. The van der Waals surface area contributed by atoms with E-state index in [1.165, 1.54) is 0 Å². The molecule has 0 aliphatic heterocycles. The third-order valence-electron chi connectivity index (χ3n) is 0.429. The van der Waals surface area contributed by atoms with Crippen LogP contribution in [0.25, 0.3) is 0 Å². The van der Waals surface area contributed by atoms with Gasteiger partial charge < -0.3 is 19.7 Å². The standard InChI is InChI=1S/C5H10N.CH3.U/c1-3-5-6-4-2;;/h3,5-6H,2,4H2,1H3;1H3;/q2*-1;+2/b5-3+;;. The van der Waals surface area contributed by atoms with Gasteiger partial charge in [-0.1, -0.05) is 6.08 Å². The van der Waals surface area contributed by atoms with E-state index in [1.807, 2.05) is 19.2 Å². The zero-order chi connectivity index (χ0) is 4.83. The Hall–Kier alpha value is 0.592. The van der Waals surface area contributed by atoms with Crippen molar-refractivity contribution in [3.05, 3.63) is 26.6 Å². The van der Waals surface area contributed by atoms with Gasteiger partial charge in [0.15, 0.2) is 0 Å². The number of rotatable bonds is 2. The van der Waals surface area contributed by atoms with Gasteiger partial charge in [0.2, 0.25) is 0 Å². The fourth-order valence-electron chi connectivity index (χ4n) is 0.201. The minimum atomic E-state index is 0. The van der Waals surface area contributed by atoms with Crippen LogP contribution in [-0.4, -0.2) is 6.54 Å². The van der Waals surface area contributed by atoms with Crippen molar-refractivity contribution in [3.63, 3.8) is 0 Å². The SMILES string of the molecule is [CH2-]CN/C=C/C.[CH3-].[U+2]. The molecule has 0 unspecified atom stereocenters. The summed E-state index contributed by atoms with van der Waals surface area (Å²) in [4.78, 5) is 0. The van der Waals surface area contributed by atoms with E-state index in [9.17, 15) is 0 Å². The van der Waals surface area contributed by atoms with Gasteiger partial charge in [-0.3, -0.25) is 0 Å². The Morgan fingerprint density at radius 3 is 2.25 bits per heavy atom. The molecule has 46 valence electrons. The maximum absolute atomic E-state index is 3.56. The van der Waals surface area contributed by atoms with Gasteiger partial charge in [0, 0.05) is 0 Å². The topological polar surface area (TPSA) is 12.0 Å². The van der Waals surface area contributed by atoms with Crippen molar-refractivity contribution in [1.29, 1.82) is 0 Å². The molecule has 0 bridgehead atoms. The quantitative estimate of drug-likeness (QED) is 0.751. The number of hydrogen-bond acceptors (Lipinski definition) is 1. The molecule has 0 rings (SSSR count). The molecular weight excluding hydrogens is 324 g/mol. The average molecular weight is 337 g/mol. The van der Waals surface area contributed by atoms with Gasteiger partial charge in [0.05, 0.1) is 0 Å². The molecule has 2 heteroatoms. The molecule has 0 atom stereocenters. The van der Waals surface area contributed by atoms with E-state index < -0.39 is 0 Å². The monoisotopic (exact) mass is 337 g/mol. The van der Waals surface area contributed by atoms with Crippen molar-refractivity contribution >= 4 is 0 Å². The van der Waals surface area contributed by atoms with Crippen molar-refractivity contribution < 1.29 is 31.1 Å². The first kappa shape index (κ1) is 15.8. The molecule has 1 N–H and O–H groups in total. The summed E-state index contributed by atoms with van der Waals surface area (Å²) in [5.74, 6) is 0. The van der Waals surface area contributed by atoms with Crippen LogP contribution >= 0.6 is 0 Å². The number of allylic oxidation sites excluding steroid dienone is 1. The van der Waals surface area contributed by atoms with E-state index in [0.717, 1.165) is 6.54 Å². The molecule has 1 nitrogen and oxygen atoms in total. The van der Waals surface area contributed by atoms with Crippen LogP contribution in [0.5, 0.6) is 0 Å². The molecule has 0 spiro atoms. The Kier molecular flexibility index (Phi) is 31.0. The van der Waals surface area contributed by atoms with E-state index in [0.29, 0.717) is 0 Å². The summed E-state index contributed by atoms with van der Waals surface area (Å²) in [6.07, 6.45) is 3.80. The molecule has 0 aromatic rings. The first-order valence-corrected chi connectivity index (χ1v) is 2.05. The number of hydrogen-bond donors (Lipinski definition) is 1. The maximum atomic E-state index is 3.56. The molecule has 0 amide bonds. The van der Waals surface area contributed by atoms with Crippen molar-refractivity contribution in [2.75, 3.05) is 6.54 Å². The van der Waals surface area contributed by atoms with E-state index in [2.05, 4.69) is 12.2 Å². The fraction of sp³-hybridized carbons (Fsp3) is 0.333. The Balaban J connectivity index is -0.000000125. The predicted molar refractivity (Wildman–Crippen MR) is 34.6 cm³/mol. The first-order valence-electron chi connectivity index (χ1n) is 2.05. The predicted octanol–water partition coefficient (Wildman–Crippen LogP) is 1.39. The van der Waals surface area contributed by atoms with Gasteiger partial charge >= 0.3 is 31.1 Å². The second-order valence-electron chi connectivity index (χ2n) is 0.954. The minimum Gasteiger partial charge on any atom is -0.421 e. The van der Waals surface area contributed by atoms with Crippen LogP contribution in [-0.2, 0) is 0 Å². The molecule has 0 radical (unpaired) electrons. The summed E-state index contributed by atoms with van der Waals surface area (Å²) in [7, 11) is 0. The summed E-state index contributed by atoms with van der Waals surface area (Å²) < 4.78 is 0. The van der Waals surface area contributed by atoms with Crippen LogP contribution in [0.1, 0.15) is 6.92 Å². The summed E-state index contributed by atoms with van der Waals surface area (Å²) in [5, 5.41) is 2.91. The van der Waals surface area contributed by atoms with Crippen LogP contribution in [0, 0.1) is 45.5 Å². The van der Waals surface area contributed by atoms with Crippen molar-refractivity contribution in [2.24, 2.45) is 0 Å². The Labute approximate surface area is 76.3 Å². The summed E-state index contributed by atoms with van der Waals surface area (Å²) in [6, 6.07) is 0. The second-order valence-corrected chi connectivity index (χ2v) is 0.954. The second kappa shape index (κ2) is 15.6. The zero-order valence-electron chi connectivity index (χ0n) is 5.57. The third kappa shape index (κ3) is 16.0. The van der Waals surface area contributed by atoms with E-state index in [-0.39, 0.29) is 38.5 Å². The van der Waals surface area contributed by atoms with Crippen LogP contribution in [0.4, 0.5) is 0 Å². The van der Waals surface area contributed by atoms with Gasteiger partial charge in [-0.15, -0.1) is 6.54 Å². The maximum Gasteiger partial charge on any atom is 2.00 e. The Morgan fingerprint density at radius 2 is 2.12 bits per heavy atom. The van der Waals surface area contributed by atoms with E-state index >= 15 is 0 Å². The zero-order valence-corrected chi connectivity index (χ0v) is 9.73. The van der Waals surface area contributed by atoms with Crippen molar-refractivity contribution in [1.82, 2.24) is 5.32 Å². The molecule has 8 heavy (non-hydrogen) atoms. The van der Waals surface area contributed by atoms with Gasteiger partial charge in [-0.2, -0.15) is 0 Å². The minimum absolute atomic E-state index is 0. The van der Waals surface area contributed by atoms with Crippen LogP contribution in [0.3, 0.4) is 0 Å². The van der Waals surface area contributed by atoms with Crippen LogP contribution in [0.2, 0.25) is 0 Å². The molecule has 0 heterocycles. The summed E-state index contributed by atoms with van der Waals surface area (Å²) in [6.45, 7) is 6.29. The van der Waals surface area contributed by atoms with Gasteiger partial charge in [0.1, 0.15) is 0 Å².